The molecular formula is C32H64. The van der Waals surface area contributed by atoms with Crippen molar-refractivity contribution in [2.75, 3.05) is 0 Å². The highest BCUT2D eigenvalue weighted by molar-refractivity contribution is 4.92. The van der Waals surface area contributed by atoms with Crippen molar-refractivity contribution in [1.82, 2.24) is 0 Å². The number of hydrogen-bond donors (Lipinski definition) is 0. The molecular weight excluding hydrogens is 384 g/mol. The Morgan fingerprint density at radius 2 is 0.719 bits per heavy atom. The van der Waals surface area contributed by atoms with E-state index in [9.17, 15) is 0 Å². The van der Waals surface area contributed by atoms with Crippen molar-refractivity contribution < 1.29 is 0 Å². The zero-order valence-electron chi connectivity index (χ0n) is 24.6. The van der Waals surface area contributed by atoms with Gasteiger partial charge in [0.15, 0.2) is 0 Å². The largest absolute Gasteiger partial charge is 0.0625 e. The lowest BCUT2D eigenvalue weighted by molar-refractivity contribution is 0.0135. The van der Waals surface area contributed by atoms with Gasteiger partial charge in [0.05, 0.1) is 0 Å². The molecule has 0 amide bonds. The first-order chi connectivity index (χ1) is 14.8. The molecule has 0 aromatic heterocycles. The molecule has 0 atom stereocenters. The lowest BCUT2D eigenvalue weighted by atomic mass is 9.56. The lowest BCUT2D eigenvalue weighted by Crippen LogP contribution is -2.39. The fraction of sp³-hybridized carbons (Fsp3) is 1.00. The minimum absolute atomic E-state index is 0.722. The monoisotopic (exact) mass is 449 g/mol. The zero-order valence-corrected chi connectivity index (χ0v) is 24.6. The van der Waals surface area contributed by atoms with E-state index in [1.165, 1.54) is 57.8 Å². The molecule has 0 saturated heterocycles. The fourth-order valence-corrected chi connectivity index (χ4v) is 6.68. The van der Waals surface area contributed by atoms with Gasteiger partial charge in [0.2, 0.25) is 0 Å². The molecule has 0 bridgehead atoms. The quantitative estimate of drug-likeness (QED) is 0.379. The number of rotatable bonds is 6. The summed E-state index contributed by atoms with van der Waals surface area (Å²) in [6.45, 7) is 28.4. The molecule has 3 fully saturated rings. The Morgan fingerprint density at radius 3 is 0.844 bits per heavy atom. The van der Waals surface area contributed by atoms with Crippen LogP contribution >= 0.6 is 0 Å². The van der Waals surface area contributed by atoms with Crippen LogP contribution in [0.3, 0.4) is 0 Å². The van der Waals surface area contributed by atoms with Gasteiger partial charge in [-0.1, -0.05) is 89.5 Å². The van der Waals surface area contributed by atoms with Gasteiger partial charge in [0.25, 0.3) is 0 Å². The summed E-state index contributed by atoms with van der Waals surface area (Å²) in [7, 11) is 0. The summed E-state index contributed by atoms with van der Waals surface area (Å²) < 4.78 is 0. The molecule has 0 N–H and O–H groups in total. The Balaban J connectivity index is 0.000000241. The van der Waals surface area contributed by atoms with Crippen LogP contribution in [0.25, 0.3) is 0 Å². The summed E-state index contributed by atoms with van der Waals surface area (Å²) >= 11 is 0. The molecule has 3 aliphatic rings. The van der Waals surface area contributed by atoms with Gasteiger partial charge in [-0.3, -0.25) is 0 Å². The summed E-state index contributed by atoms with van der Waals surface area (Å²) in [5.41, 5.74) is 0.722. The van der Waals surface area contributed by atoms with E-state index in [0.717, 1.165) is 64.6 Å². The van der Waals surface area contributed by atoms with Crippen LogP contribution in [0.1, 0.15) is 141 Å². The number of hydrogen-bond acceptors (Lipinski definition) is 0. The van der Waals surface area contributed by atoms with Gasteiger partial charge < -0.3 is 0 Å². The first-order valence-electron chi connectivity index (χ1n) is 14.8. The van der Waals surface area contributed by atoms with Gasteiger partial charge in [0.1, 0.15) is 0 Å². The Bertz CT molecular complexity index is 424. The van der Waals surface area contributed by atoms with Gasteiger partial charge in [-0.2, -0.15) is 0 Å². The normalized spacial score (nSPS) is 29.4. The van der Waals surface area contributed by atoms with Crippen molar-refractivity contribution >= 4 is 0 Å². The molecule has 0 nitrogen and oxygen atoms in total. The summed E-state index contributed by atoms with van der Waals surface area (Å²) in [5, 5.41) is 0. The molecule has 3 aliphatic carbocycles. The Labute approximate surface area is 205 Å². The molecule has 0 heterocycles. The van der Waals surface area contributed by atoms with Crippen LogP contribution in [-0.4, -0.2) is 0 Å². The van der Waals surface area contributed by atoms with Crippen LogP contribution in [0.4, 0.5) is 0 Å². The fourth-order valence-electron chi connectivity index (χ4n) is 6.68. The van der Waals surface area contributed by atoms with Crippen molar-refractivity contribution in [1.29, 1.82) is 0 Å². The van der Waals surface area contributed by atoms with Crippen LogP contribution in [0.15, 0.2) is 0 Å². The maximum Gasteiger partial charge on any atom is -0.0251 e. The topological polar surface area (TPSA) is 0 Å². The van der Waals surface area contributed by atoms with Gasteiger partial charge in [0, 0.05) is 0 Å². The second-order valence-electron chi connectivity index (χ2n) is 14.0. The Morgan fingerprint density at radius 1 is 0.438 bits per heavy atom. The average molecular weight is 449 g/mol. The third-order valence-electron chi connectivity index (χ3n) is 10.4. The standard InChI is InChI=1S/C12H24.2C10H20/c1-9(2)11-5-7-12(8-6-11)10(3)4;1-7(2)9-5-10(6-9)8(3)4;1-8(2)10(9(3)4)6-5-7-10/h9-12H,5-8H2,1-4H3;7-10H,5-6H2,1-4H3;8-9H,5-7H2,1-4H3. The minimum atomic E-state index is 0.722. The molecule has 0 radical (unpaired) electrons. The van der Waals surface area contributed by atoms with Crippen LogP contribution < -0.4 is 0 Å². The van der Waals surface area contributed by atoms with E-state index in [1.54, 1.807) is 0 Å². The van der Waals surface area contributed by atoms with Crippen molar-refractivity contribution in [2.45, 2.75) is 141 Å². The summed E-state index contributed by atoms with van der Waals surface area (Å²) in [6.07, 6.45) is 13.4. The van der Waals surface area contributed by atoms with E-state index < -0.39 is 0 Å². The first-order valence-corrected chi connectivity index (χ1v) is 14.8. The van der Waals surface area contributed by atoms with E-state index in [0.29, 0.717) is 0 Å². The van der Waals surface area contributed by atoms with Crippen molar-refractivity contribution in [3.8, 4) is 0 Å². The van der Waals surface area contributed by atoms with Gasteiger partial charge in [-0.25, -0.2) is 0 Å². The lowest BCUT2D eigenvalue weighted by Gasteiger charge is -2.49. The molecule has 0 aliphatic heterocycles. The molecule has 0 heteroatoms. The van der Waals surface area contributed by atoms with Crippen LogP contribution in [0.2, 0.25) is 0 Å². The van der Waals surface area contributed by atoms with E-state index in [4.69, 9.17) is 0 Å². The Kier molecular flexibility index (Phi) is 12.9. The minimum Gasteiger partial charge on any atom is -0.0625 e. The highest BCUT2D eigenvalue weighted by Gasteiger charge is 2.42. The maximum atomic E-state index is 2.38. The van der Waals surface area contributed by atoms with Crippen LogP contribution in [-0.2, 0) is 0 Å². The highest BCUT2D eigenvalue weighted by Crippen LogP contribution is 2.52. The molecule has 32 heavy (non-hydrogen) atoms. The molecule has 0 spiro atoms. The van der Waals surface area contributed by atoms with Crippen molar-refractivity contribution in [3.05, 3.63) is 0 Å². The summed E-state index contributed by atoms with van der Waals surface area (Å²) in [5.74, 6) is 9.61. The van der Waals surface area contributed by atoms with E-state index in [2.05, 4.69) is 83.1 Å². The van der Waals surface area contributed by atoms with Gasteiger partial charge >= 0.3 is 0 Å². The predicted molar refractivity (Wildman–Crippen MR) is 147 cm³/mol. The smallest absolute Gasteiger partial charge is 0.0251 e. The third kappa shape index (κ3) is 8.65. The van der Waals surface area contributed by atoms with E-state index in [1.807, 2.05) is 0 Å². The molecule has 0 unspecified atom stereocenters. The summed E-state index contributed by atoms with van der Waals surface area (Å²) in [4.78, 5) is 0. The average Bonchev–Trinajstić information content (AvgIpc) is 2.59. The van der Waals surface area contributed by atoms with Gasteiger partial charge in [-0.05, 0) is 116 Å². The molecule has 3 rings (SSSR count). The predicted octanol–water partition coefficient (Wildman–Crippen LogP) is 10.9. The third-order valence-corrected chi connectivity index (χ3v) is 10.4. The SMILES string of the molecule is CC(C)C1(C(C)C)CCC1.CC(C)C1CC(C(C)C)C1.CC(C)C1CCC(C(C)C)CC1. The molecule has 3 saturated carbocycles. The summed E-state index contributed by atoms with van der Waals surface area (Å²) in [6, 6.07) is 0. The second-order valence-corrected chi connectivity index (χ2v) is 14.0. The van der Waals surface area contributed by atoms with Crippen molar-refractivity contribution in [3.63, 3.8) is 0 Å². The maximum absolute atomic E-state index is 2.38. The Hall–Kier alpha value is 0. The zero-order chi connectivity index (χ0) is 24.6. The highest BCUT2D eigenvalue weighted by atomic mass is 14.5. The second kappa shape index (κ2) is 13.8. The van der Waals surface area contributed by atoms with Gasteiger partial charge in [-0.15, -0.1) is 0 Å². The van der Waals surface area contributed by atoms with Crippen LogP contribution in [0, 0.1) is 64.6 Å². The molecule has 0 aromatic carbocycles. The molecule has 0 aromatic rings. The van der Waals surface area contributed by atoms with Crippen molar-refractivity contribution in [2.24, 2.45) is 64.6 Å². The first kappa shape index (κ1) is 30.0. The molecule has 192 valence electrons. The van der Waals surface area contributed by atoms with E-state index >= 15 is 0 Å². The van der Waals surface area contributed by atoms with E-state index in [-0.39, 0.29) is 0 Å². The van der Waals surface area contributed by atoms with Crippen LogP contribution in [0.5, 0.6) is 0 Å².